The van der Waals surface area contributed by atoms with Crippen molar-refractivity contribution < 1.29 is 9.16 Å². The van der Waals surface area contributed by atoms with Crippen LogP contribution in [-0.2, 0) is 9.16 Å². The fourth-order valence-corrected chi connectivity index (χ4v) is 0.448. The van der Waals surface area contributed by atoms with E-state index in [-0.39, 0.29) is 0 Å². The molecule has 0 heterocycles. The predicted molar refractivity (Wildman–Crippen MR) is 32.8 cm³/mol. The van der Waals surface area contributed by atoms with E-state index in [0.717, 1.165) is 0 Å². The van der Waals surface area contributed by atoms with E-state index in [0.29, 0.717) is 19.2 Å². The molecule has 0 aromatic rings. The Kier molecular flexibility index (Phi) is 4.32. The third-order valence-corrected chi connectivity index (χ3v) is 0.695. The Morgan fingerprint density at radius 1 is 1.50 bits per heavy atom. The molecule has 0 bridgehead atoms. The smallest absolute Gasteiger partial charge is 0.322 e. The Balaban J connectivity index is 3.29. The van der Waals surface area contributed by atoms with E-state index in [1.54, 1.807) is 0 Å². The number of hydrogen-bond donors (Lipinski definition) is 0. The highest BCUT2D eigenvalue weighted by Crippen LogP contribution is 1.74. The molecule has 0 aromatic heterocycles. The molecule has 0 rings (SSSR count). The zero-order chi connectivity index (χ0) is 6.41. The van der Waals surface area contributed by atoms with Gasteiger partial charge in [-0.2, -0.15) is 0 Å². The first-order chi connectivity index (χ1) is 3.81. The van der Waals surface area contributed by atoms with E-state index < -0.39 is 0 Å². The van der Waals surface area contributed by atoms with Crippen molar-refractivity contribution in [2.24, 2.45) is 0 Å². The first-order valence-electron chi connectivity index (χ1n) is 2.90. The summed E-state index contributed by atoms with van der Waals surface area (Å²) >= 11 is 0. The lowest BCUT2D eigenvalue weighted by atomic mass is 10.7. The van der Waals surface area contributed by atoms with Crippen molar-refractivity contribution >= 4 is 5.97 Å². The first-order valence-corrected chi connectivity index (χ1v) is 2.90. The summed E-state index contributed by atoms with van der Waals surface area (Å²) in [6, 6.07) is 0. The van der Waals surface area contributed by atoms with Gasteiger partial charge in [-0.3, -0.25) is 0 Å². The normalized spacial score (nSPS) is 11.6. The molecule has 0 atom stereocenters. The minimum atomic E-state index is 0.662. The quantitative estimate of drug-likeness (QED) is 0.392. The number of esters is 1. The van der Waals surface area contributed by atoms with Crippen molar-refractivity contribution in [3.63, 3.8) is 0 Å². The molecule has 0 amide bonds. The van der Waals surface area contributed by atoms with Crippen LogP contribution in [0, 0.1) is 0 Å². The Bertz CT molecular complexity index is 76.6. The van der Waals surface area contributed by atoms with Crippen LogP contribution in [-0.4, -0.2) is 19.2 Å². The standard InChI is InChI=1S/C6H13O2/c1-4-7-6(3)8-5-2/h4-5H2,1-3H3/q+1. The highest BCUT2D eigenvalue weighted by atomic mass is 16.6. The molecule has 0 radical (unpaired) electrons. The molecular weight excluding hydrogens is 104 g/mol. The second-order valence-corrected chi connectivity index (χ2v) is 1.36. The highest BCUT2D eigenvalue weighted by molar-refractivity contribution is 5.66. The minimum absolute atomic E-state index is 0.662. The maximum atomic E-state index is 4.98. The minimum Gasteiger partial charge on any atom is -0.322 e. The average molecular weight is 117 g/mol. The van der Waals surface area contributed by atoms with Crippen LogP contribution in [0.25, 0.3) is 0 Å². The van der Waals surface area contributed by atoms with Crippen LogP contribution in [0.2, 0.25) is 0 Å². The molecule has 0 N–H and O–H groups in total. The van der Waals surface area contributed by atoms with E-state index in [9.17, 15) is 0 Å². The predicted octanol–water partition coefficient (Wildman–Crippen LogP) is 1.12. The Hall–Kier alpha value is -0.530. The van der Waals surface area contributed by atoms with Crippen LogP contribution in [0.1, 0.15) is 20.8 Å². The van der Waals surface area contributed by atoms with E-state index in [1.165, 1.54) is 0 Å². The molecule has 48 valence electrons. The van der Waals surface area contributed by atoms with Crippen LogP contribution in [0.15, 0.2) is 0 Å². The van der Waals surface area contributed by atoms with Gasteiger partial charge in [0, 0.05) is 0 Å². The molecular formula is C6H13O2+. The third kappa shape index (κ3) is 3.65. The molecule has 0 aromatic carbocycles. The van der Waals surface area contributed by atoms with Gasteiger partial charge in [0.1, 0.15) is 0 Å². The van der Waals surface area contributed by atoms with Crippen molar-refractivity contribution in [2.45, 2.75) is 20.8 Å². The van der Waals surface area contributed by atoms with Crippen molar-refractivity contribution in [1.82, 2.24) is 0 Å². The number of ether oxygens (including phenoxy) is 1. The van der Waals surface area contributed by atoms with Gasteiger partial charge in [0.2, 0.25) is 0 Å². The molecule has 0 aliphatic rings. The molecule has 0 fully saturated rings. The third-order valence-electron chi connectivity index (χ3n) is 0.695. The molecule has 0 unspecified atom stereocenters. The summed E-state index contributed by atoms with van der Waals surface area (Å²) in [5, 5.41) is 0. The summed E-state index contributed by atoms with van der Waals surface area (Å²) in [6.07, 6.45) is 0. The zero-order valence-corrected chi connectivity index (χ0v) is 5.73. The lowest BCUT2D eigenvalue weighted by molar-refractivity contribution is -0.463. The molecule has 0 spiro atoms. The van der Waals surface area contributed by atoms with Crippen molar-refractivity contribution in [2.75, 3.05) is 13.2 Å². The van der Waals surface area contributed by atoms with Gasteiger partial charge in [-0.15, -0.1) is 0 Å². The Morgan fingerprint density at radius 3 is 2.50 bits per heavy atom. The first kappa shape index (κ1) is 7.47. The van der Waals surface area contributed by atoms with Crippen LogP contribution in [0.3, 0.4) is 0 Å². The van der Waals surface area contributed by atoms with E-state index >= 15 is 0 Å². The van der Waals surface area contributed by atoms with Gasteiger partial charge in [0.15, 0.2) is 13.2 Å². The lowest BCUT2D eigenvalue weighted by Crippen LogP contribution is -2.01. The van der Waals surface area contributed by atoms with Gasteiger partial charge >= 0.3 is 5.97 Å². The largest absolute Gasteiger partial charge is 0.481 e. The molecule has 2 heteroatoms. The average Bonchev–Trinajstić information content (AvgIpc) is 1.68. The topological polar surface area (TPSA) is 20.5 Å². The summed E-state index contributed by atoms with van der Waals surface area (Å²) in [6.45, 7) is 7.05. The van der Waals surface area contributed by atoms with Crippen LogP contribution in [0.4, 0.5) is 0 Å². The highest BCUT2D eigenvalue weighted by Gasteiger charge is 1.99. The molecule has 0 saturated heterocycles. The fraction of sp³-hybridized carbons (Fsp3) is 0.833. The lowest BCUT2D eigenvalue weighted by Gasteiger charge is -1.84. The van der Waals surface area contributed by atoms with Gasteiger partial charge in [-0.25, -0.2) is 0 Å². The Labute approximate surface area is 50.2 Å². The number of carbonyl (C=O) groups excluding carboxylic acids is 1. The molecule has 0 saturated carbocycles. The maximum absolute atomic E-state index is 4.98. The van der Waals surface area contributed by atoms with Gasteiger partial charge in [-0.1, -0.05) is 0 Å². The Morgan fingerprint density at radius 2 is 2.12 bits per heavy atom. The van der Waals surface area contributed by atoms with Gasteiger partial charge in [-0.05, 0) is 13.8 Å². The molecule has 0 aliphatic carbocycles. The molecule has 8 heavy (non-hydrogen) atoms. The summed E-state index contributed by atoms with van der Waals surface area (Å²) in [5.41, 5.74) is 0. The van der Waals surface area contributed by atoms with Crippen molar-refractivity contribution in [3.05, 3.63) is 0 Å². The summed E-state index contributed by atoms with van der Waals surface area (Å²) < 4.78 is 9.95. The summed E-state index contributed by atoms with van der Waals surface area (Å²) in [7, 11) is 0. The van der Waals surface area contributed by atoms with Gasteiger partial charge in [0.05, 0.1) is 6.92 Å². The fourth-order valence-electron chi connectivity index (χ4n) is 0.448. The SMILES string of the molecule is CCOC(C)=[O+]CC. The maximum Gasteiger partial charge on any atom is 0.481 e. The molecule has 0 aliphatic heterocycles. The number of rotatable bonds is 2. The van der Waals surface area contributed by atoms with Gasteiger partial charge in [0.25, 0.3) is 0 Å². The number of hydrogen-bond acceptors (Lipinski definition) is 1. The van der Waals surface area contributed by atoms with Crippen LogP contribution in [0.5, 0.6) is 0 Å². The van der Waals surface area contributed by atoms with E-state index in [4.69, 9.17) is 9.16 Å². The second-order valence-electron chi connectivity index (χ2n) is 1.36. The van der Waals surface area contributed by atoms with Crippen molar-refractivity contribution in [3.8, 4) is 0 Å². The van der Waals surface area contributed by atoms with Crippen LogP contribution < -0.4 is 0 Å². The summed E-state index contributed by atoms with van der Waals surface area (Å²) in [5.74, 6) is 0.662. The van der Waals surface area contributed by atoms with E-state index in [1.807, 2.05) is 20.8 Å². The van der Waals surface area contributed by atoms with Crippen molar-refractivity contribution in [1.29, 1.82) is 0 Å². The van der Waals surface area contributed by atoms with E-state index in [2.05, 4.69) is 0 Å². The zero-order valence-electron chi connectivity index (χ0n) is 5.73. The summed E-state index contributed by atoms with van der Waals surface area (Å²) in [4.78, 5) is 0. The molecule has 2 nitrogen and oxygen atoms in total. The monoisotopic (exact) mass is 117 g/mol. The van der Waals surface area contributed by atoms with Crippen LogP contribution >= 0.6 is 0 Å². The second kappa shape index (κ2) is 4.62. The van der Waals surface area contributed by atoms with Gasteiger partial charge < -0.3 is 9.16 Å².